The van der Waals surface area contributed by atoms with Crippen LogP contribution in [0.4, 0.5) is 0 Å². The molecule has 1 saturated heterocycles. The van der Waals surface area contributed by atoms with Gasteiger partial charge in [-0.05, 0) is 30.5 Å². The molecular formula is C13H15BrClNO2. The van der Waals surface area contributed by atoms with E-state index in [1.54, 1.807) is 0 Å². The maximum atomic E-state index is 11.9. The van der Waals surface area contributed by atoms with Crippen molar-refractivity contribution in [3.8, 4) is 0 Å². The minimum atomic E-state index is 0.0768. The van der Waals surface area contributed by atoms with Gasteiger partial charge >= 0.3 is 0 Å². The number of nitrogens with one attached hydrogen (secondary N) is 1. The number of carbonyl (C=O) groups is 1. The molecule has 1 fully saturated rings. The van der Waals surface area contributed by atoms with Gasteiger partial charge in [0.1, 0.15) is 0 Å². The molecule has 0 aromatic heterocycles. The number of halogens is 2. The maximum Gasteiger partial charge on any atom is 0.223 e. The van der Waals surface area contributed by atoms with Crippen LogP contribution in [0.2, 0.25) is 5.02 Å². The Labute approximate surface area is 120 Å². The number of amides is 1. The molecule has 0 unspecified atom stereocenters. The standard InChI is InChI=1S/C13H15BrClNO2/c14-11-2-1-10(12(15)7-11)8-16-13(17)9-3-5-18-6-4-9/h1-2,7,9H,3-6,8H2,(H,16,17). The monoisotopic (exact) mass is 331 g/mol. The van der Waals surface area contributed by atoms with Crippen LogP contribution < -0.4 is 5.32 Å². The molecule has 1 amide bonds. The van der Waals surface area contributed by atoms with Gasteiger partial charge in [-0.3, -0.25) is 4.79 Å². The summed E-state index contributed by atoms with van der Waals surface area (Å²) < 4.78 is 6.18. The van der Waals surface area contributed by atoms with Gasteiger partial charge in [0.2, 0.25) is 5.91 Å². The average molecular weight is 333 g/mol. The van der Waals surface area contributed by atoms with E-state index in [9.17, 15) is 4.79 Å². The van der Waals surface area contributed by atoms with E-state index >= 15 is 0 Å². The van der Waals surface area contributed by atoms with Crippen LogP contribution in [-0.4, -0.2) is 19.1 Å². The molecule has 1 aromatic carbocycles. The van der Waals surface area contributed by atoms with Crippen molar-refractivity contribution in [2.45, 2.75) is 19.4 Å². The Morgan fingerprint density at radius 1 is 1.44 bits per heavy atom. The van der Waals surface area contributed by atoms with E-state index in [1.807, 2.05) is 18.2 Å². The topological polar surface area (TPSA) is 38.3 Å². The zero-order valence-electron chi connectivity index (χ0n) is 9.92. The van der Waals surface area contributed by atoms with Crippen LogP contribution in [0.15, 0.2) is 22.7 Å². The van der Waals surface area contributed by atoms with Gasteiger partial charge in [-0.1, -0.05) is 33.6 Å². The highest BCUT2D eigenvalue weighted by Crippen LogP contribution is 2.21. The first-order chi connectivity index (χ1) is 8.66. The summed E-state index contributed by atoms with van der Waals surface area (Å²) in [7, 11) is 0. The van der Waals surface area contributed by atoms with Crippen LogP contribution in [0, 0.1) is 5.92 Å². The van der Waals surface area contributed by atoms with Crippen LogP contribution >= 0.6 is 27.5 Å². The highest BCUT2D eigenvalue weighted by atomic mass is 79.9. The SMILES string of the molecule is O=C(NCc1ccc(Br)cc1Cl)C1CCOCC1. The molecule has 0 spiro atoms. The zero-order chi connectivity index (χ0) is 13.0. The molecule has 1 aliphatic heterocycles. The number of hydrogen-bond acceptors (Lipinski definition) is 2. The number of benzene rings is 1. The van der Waals surface area contributed by atoms with Crippen LogP contribution in [0.25, 0.3) is 0 Å². The summed E-state index contributed by atoms with van der Waals surface area (Å²) >= 11 is 9.45. The second-order valence-corrected chi connectivity index (χ2v) is 5.66. The van der Waals surface area contributed by atoms with Crippen molar-refractivity contribution in [2.24, 2.45) is 5.92 Å². The predicted octanol–water partition coefficient (Wildman–Crippen LogP) is 3.15. The Kier molecular flexibility index (Phi) is 5.03. The Hall–Kier alpha value is -0.580. The van der Waals surface area contributed by atoms with Gasteiger partial charge in [-0.25, -0.2) is 0 Å². The molecule has 2 rings (SSSR count). The molecule has 0 radical (unpaired) electrons. The molecule has 1 aromatic rings. The predicted molar refractivity (Wildman–Crippen MR) is 74.5 cm³/mol. The first-order valence-electron chi connectivity index (χ1n) is 5.96. The van der Waals surface area contributed by atoms with Crippen LogP contribution in [0.3, 0.4) is 0 Å². The number of carbonyl (C=O) groups excluding carboxylic acids is 1. The fourth-order valence-corrected chi connectivity index (χ4v) is 2.69. The highest BCUT2D eigenvalue weighted by molar-refractivity contribution is 9.10. The van der Waals surface area contributed by atoms with Gasteiger partial charge in [-0.2, -0.15) is 0 Å². The fraction of sp³-hybridized carbons (Fsp3) is 0.462. The van der Waals surface area contributed by atoms with E-state index in [2.05, 4.69) is 21.2 Å². The van der Waals surface area contributed by atoms with Crippen molar-refractivity contribution >= 4 is 33.4 Å². The molecule has 0 aliphatic carbocycles. The maximum absolute atomic E-state index is 11.9. The van der Waals surface area contributed by atoms with Crippen molar-refractivity contribution < 1.29 is 9.53 Å². The summed E-state index contributed by atoms with van der Waals surface area (Å²) in [6.07, 6.45) is 1.61. The van der Waals surface area contributed by atoms with Gasteiger partial charge in [0.15, 0.2) is 0 Å². The lowest BCUT2D eigenvalue weighted by atomic mass is 9.99. The molecule has 3 nitrogen and oxygen atoms in total. The van der Waals surface area contributed by atoms with E-state index in [0.717, 1.165) is 22.9 Å². The fourth-order valence-electron chi connectivity index (χ4n) is 1.95. The average Bonchev–Trinajstić information content (AvgIpc) is 2.38. The van der Waals surface area contributed by atoms with Gasteiger partial charge in [0.25, 0.3) is 0 Å². The first kappa shape index (κ1) is 13.8. The Morgan fingerprint density at radius 3 is 2.83 bits per heavy atom. The van der Waals surface area contributed by atoms with Crippen molar-refractivity contribution in [1.82, 2.24) is 5.32 Å². The molecule has 18 heavy (non-hydrogen) atoms. The molecule has 0 atom stereocenters. The third kappa shape index (κ3) is 3.70. The Bertz CT molecular complexity index is 433. The molecular weight excluding hydrogens is 318 g/mol. The van der Waals surface area contributed by atoms with Crippen molar-refractivity contribution in [2.75, 3.05) is 13.2 Å². The van der Waals surface area contributed by atoms with Crippen molar-refractivity contribution in [3.63, 3.8) is 0 Å². The minimum Gasteiger partial charge on any atom is -0.381 e. The molecule has 5 heteroatoms. The lowest BCUT2D eigenvalue weighted by Gasteiger charge is -2.21. The minimum absolute atomic E-state index is 0.0768. The summed E-state index contributed by atoms with van der Waals surface area (Å²) in [6.45, 7) is 1.83. The molecule has 98 valence electrons. The second-order valence-electron chi connectivity index (χ2n) is 4.34. The van der Waals surface area contributed by atoms with Gasteiger partial charge in [-0.15, -0.1) is 0 Å². The zero-order valence-corrected chi connectivity index (χ0v) is 12.3. The molecule has 0 saturated carbocycles. The van der Waals surface area contributed by atoms with E-state index in [-0.39, 0.29) is 11.8 Å². The van der Waals surface area contributed by atoms with E-state index in [0.29, 0.717) is 24.8 Å². The van der Waals surface area contributed by atoms with Crippen LogP contribution in [0.1, 0.15) is 18.4 Å². The Balaban J connectivity index is 1.88. The quantitative estimate of drug-likeness (QED) is 0.923. The van der Waals surface area contributed by atoms with E-state index < -0.39 is 0 Å². The number of rotatable bonds is 3. The third-order valence-corrected chi connectivity index (χ3v) is 3.91. The highest BCUT2D eigenvalue weighted by Gasteiger charge is 2.21. The molecule has 0 bridgehead atoms. The van der Waals surface area contributed by atoms with Gasteiger partial charge in [0.05, 0.1) is 0 Å². The normalized spacial score (nSPS) is 16.6. The number of ether oxygens (including phenoxy) is 1. The van der Waals surface area contributed by atoms with Crippen molar-refractivity contribution in [3.05, 3.63) is 33.3 Å². The van der Waals surface area contributed by atoms with Gasteiger partial charge in [0, 0.05) is 35.2 Å². The lowest BCUT2D eigenvalue weighted by molar-refractivity contribution is -0.128. The Morgan fingerprint density at radius 2 is 2.17 bits per heavy atom. The van der Waals surface area contributed by atoms with E-state index in [4.69, 9.17) is 16.3 Å². The smallest absolute Gasteiger partial charge is 0.223 e. The molecule has 1 N–H and O–H groups in total. The third-order valence-electron chi connectivity index (χ3n) is 3.06. The summed E-state index contributed by atoms with van der Waals surface area (Å²) in [5.41, 5.74) is 0.931. The molecule has 1 heterocycles. The van der Waals surface area contributed by atoms with Crippen molar-refractivity contribution in [1.29, 1.82) is 0 Å². The van der Waals surface area contributed by atoms with E-state index in [1.165, 1.54) is 0 Å². The number of hydrogen-bond donors (Lipinski definition) is 1. The largest absolute Gasteiger partial charge is 0.381 e. The van der Waals surface area contributed by atoms with Gasteiger partial charge < -0.3 is 10.1 Å². The van der Waals surface area contributed by atoms with Crippen LogP contribution in [0.5, 0.6) is 0 Å². The summed E-state index contributed by atoms with van der Waals surface area (Å²) in [6, 6.07) is 5.66. The summed E-state index contributed by atoms with van der Waals surface area (Å²) in [5, 5.41) is 3.60. The molecule has 1 aliphatic rings. The first-order valence-corrected chi connectivity index (χ1v) is 7.13. The summed E-state index contributed by atoms with van der Waals surface area (Å²) in [4.78, 5) is 11.9. The lowest BCUT2D eigenvalue weighted by Crippen LogP contribution is -2.33. The van der Waals surface area contributed by atoms with Crippen LogP contribution in [-0.2, 0) is 16.1 Å². The summed E-state index contributed by atoms with van der Waals surface area (Å²) in [5.74, 6) is 0.172. The second kappa shape index (κ2) is 6.55.